The van der Waals surface area contributed by atoms with Gasteiger partial charge in [-0.25, -0.2) is 15.8 Å². The van der Waals surface area contributed by atoms with Gasteiger partial charge in [0.2, 0.25) is 0 Å². The first-order valence-electron chi connectivity index (χ1n) is 5.56. The quantitative estimate of drug-likeness (QED) is 0.516. The summed E-state index contributed by atoms with van der Waals surface area (Å²) in [6.45, 7) is 0. The van der Waals surface area contributed by atoms with Gasteiger partial charge in [0, 0.05) is 18.1 Å². The minimum Gasteiger partial charge on any atom is -0.308 e. The Bertz CT molecular complexity index is 554. The van der Waals surface area contributed by atoms with Crippen LogP contribution in [0.25, 0.3) is 0 Å². The molecule has 0 saturated carbocycles. The van der Waals surface area contributed by atoms with E-state index in [-0.39, 0.29) is 0 Å². The lowest BCUT2D eigenvalue weighted by molar-refractivity contribution is -0.137. The van der Waals surface area contributed by atoms with E-state index in [0.717, 1.165) is 17.8 Å². The normalized spacial score (nSPS) is 11.4. The summed E-state index contributed by atoms with van der Waals surface area (Å²) in [5.74, 6) is 6.31. The summed E-state index contributed by atoms with van der Waals surface area (Å²) >= 11 is 1.34. The summed E-state index contributed by atoms with van der Waals surface area (Å²) < 4.78 is 37.1. The molecule has 0 amide bonds. The maximum Gasteiger partial charge on any atom is 0.417 e. The molecule has 3 N–H and O–H groups in total. The smallest absolute Gasteiger partial charge is 0.308 e. The van der Waals surface area contributed by atoms with Crippen molar-refractivity contribution in [2.45, 2.75) is 17.0 Å². The summed E-state index contributed by atoms with van der Waals surface area (Å²) in [6, 6.07) is 5.93. The van der Waals surface area contributed by atoms with Crippen molar-refractivity contribution in [3.8, 4) is 0 Å². The molecule has 2 aromatic heterocycles. The Morgan fingerprint density at radius 1 is 1.10 bits per heavy atom. The van der Waals surface area contributed by atoms with Crippen molar-refractivity contribution in [2.24, 2.45) is 5.84 Å². The maximum absolute atomic E-state index is 12.4. The number of nitrogens with one attached hydrogen (secondary N) is 1. The SMILES string of the molecule is NNc1ccc(CSc2ccc(C(F)(F)F)cn2)cn1. The highest BCUT2D eigenvalue weighted by molar-refractivity contribution is 7.98. The zero-order valence-corrected chi connectivity index (χ0v) is 11.0. The molecule has 8 heteroatoms. The Kier molecular flexibility index (Phi) is 4.46. The highest BCUT2D eigenvalue weighted by atomic mass is 32.2. The zero-order valence-electron chi connectivity index (χ0n) is 10.2. The van der Waals surface area contributed by atoms with Crippen LogP contribution >= 0.6 is 11.8 Å². The Labute approximate surface area is 117 Å². The number of nitrogens with two attached hydrogens (primary N) is 1. The van der Waals surface area contributed by atoms with E-state index in [1.54, 1.807) is 12.3 Å². The first-order chi connectivity index (χ1) is 9.49. The molecule has 2 rings (SSSR count). The molecule has 2 aromatic rings. The van der Waals surface area contributed by atoms with Crippen LogP contribution in [0.3, 0.4) is 0 Å². The molecule has 0 fully saturated rings. The van der Waals surface area contributed by atoms with Crippen LogP contribution in [0.1, 0.15) is 11.1 Å². The lowest BCUT2D eigenvalue weighted by atomic mass is 10.3. The van der Waals surface area contributed by atoms with Crippen molar-refractivity contribution in [2.75, 3.05) is 5.43 Å². The van der Waals surface area contributed by atoms with E-state index in [9.17, 15) is 13.2 Å². The molecule has 0 aliphatic carbocycles. The number of nitrogens with zero attached hydrogens (tertiary/aromatic N) is 2. The molecular formula is C12H11F3N4S. The van der Waals surface area contributed by atoms with Gasteiger partial charge in [0.15, 0.2) is 0 Å². The van der Waals surface area contributed by atoms with Gasteiger partial charge in [-0.05, 0) is 23.8 Å². The van der Waals surface area contributed by atoms with E-state index in [0.29, 0.717) is 16.6 Å². The number of alkyl halides is 3. The lowest BCUT2D eigenvalue weighted by Crippen LogP contribution is -2.08. The predicted octanol–water partition coefficient (Wildman–Crippen LogP) is 3.07. The molecule has 0 saturated heterocycles. The van der Waals surface area contributed by atoms with Crippen molar-refractivity contribution in [1.82, 2.24) is 9.97 Å². The number of thioether (sulfide) groups is 1. The summed E-state index contributed by atoms with van der Waals surface area (Å²) in [4.78, 5) is 7.82. The summed E-state index contributed by atoms with van der Waals surface area (Å²) in [6.07, 6.45) is -1.88. The third-order valence-corrected chi connectivity index (χ3v) is 3.44. The molecule has 0 bridgehead atoms. The first kappa shape index (κ1) is 14.6. The molecule has 0 spiro atoms. The van der Waals surface area contributed by atoms with Gasteiger partial charge in [0.25, 0.3) is 0 Å². The number of hydrazine groups is 1. The molecular weight excluding hydrogens is 289 g/mol. The van der Waals surface area contributed by atoms with Gasteiger partial charge in [-0.3, -0.25) is 0 Å². The molecule has 2 heterocycles. The standard InChI is InChI=1S/C12H11F3N4S/c13-12(14,15)9-2-4-11(18-6-9)20-7-8-1-3-10(19-16)17-5-8/h1-6H,7,16H2,(H,17,19). The van der Waals surface area contributed by atoms with Gasteiger partial charge in [0.1, 0.15) is 5.82 Å². The maximum atomic E-state index is 12.4. The third-order valence-electron chi connectivity index (χ3n) is 2.42. The number of nitrogen functional groups attached to an aromatic ring is 1. The number of hydrogen-bond acceptors (Lipinski definition) is 5. The molecule has 0 unspecified atom stereocenters. The largest absolute Gasteiger partial charge is 0.417 e. The van der Waals surface area contributed by atoms with E-state index in [1.165, 1.54) is 17.8 Å². The number of pyridine rings is 2. The highest BCUT2D eigenvalue weighted by Crippen LogP contribution is 2.30. The average molecular weight is 300 g/mol. The number of rotatable bonds is 4. The molecule has 0 radical (unpaired) electrons. The minimum atomic E-state index is -4.36. The van der Waals surface area contributed by atoms with E-state index >= 15 is 0 Å². The second-order valence-corrected chi connectivity index (χ2v) is 4.86. The van der Waals surface area contributed by atoms with E-state index in [4.69, 9.17) is 5.84 Å². The average Bonchev–Trinajstić information content (AvgIpc) is 2.45. The van der Waals surface area contributed by atoms with E-state index in [1.807, 2.05) is 6.07 Å². The predicted molar refractivity (Wildman–Crippen MR) is 70.8 cm³/mol. The van der Waals surface area contributed by atoms with E-state index in [2.05, 4.69) is 15.4 Å². The van der Waals surface area contributed by atoms with E-state index < -0.39 is 11.7 Å². The molecule has 0 aliphatic rings. The number of halogens is 3. The van der Waals surface area contributed by atoms with Crippen LogP contribution in [0.5, 0.6) is 0 Å². The number of anilines is 1. The monoisotopic (exact) mass is 300 g/mol. The highest BCUT2D eigenvalue weighted by Gasteiger charge is 2.30. The second kappa shape index (κ2) is 6.10. The molecule has 106 valence electrons. The topological polar surface area (TPSA) is 63.8 Å². The van der Waals surface area contributed by atoms with Crippen molar-refractivity contribution >= 4 is 17.6 Å². The van der Waals surface area contributed by atoms with Gasteiger partial charge >= 0.3 is 6.18 Å². The Balaban J connectivity index is 1.96. The van der Waals surface area contributed by atoms with Crippen molar-refractivity contribution in [1.29, 1.82) is 0 Å². The Morgan fingerprint density at radius 3 is 2.40 bits per heavy atom. The summed E-state index contributed by atoms with van der Waals surface area (Å²) in [7, 11) is 0. The third kappa shape index (κ3) is 3.84. The first-order valence-corrected chi connectivity index (χ1v) is 6.55. The summed E-state index contributed by atoms with van der Waals surface area (Å²) in [5, 5.41) is 0.527. The van der Waals surface area contributed by atoms with Crippen molar-refractivity contribution in [3.05, 3.63) is 47.8 Å². The van der Waals surface area contributed by atoms with Crippen molar-refractivity contribution < 1.29 is 13.2 Å². The van der Waals surface area contributed by atoms with Gasteiger partial charge in [-0.1, -0.05) is 6.07 Å². The van der Waals surface area contributed by atoms with Gasteiger partial charge in [-0.15, -0.1) is 11.8 Å². The zero-order chi connectivity index (χ0) is 14.6. The molecule has 0 aromatic carbocycles. The van der Waals surface area contributed by atoms with Gasteiger partial charge < -0.3 is 5.43 Å². The van der Waals surface area contributed by atoms with Crippen LogP contribution in [-0.2, 0) is 11.9 Å². The summed E-state index contributed by atoms with van der Waals surface area (Å²) in [5.41, 5.74) is 2.59. The van der Waals surface area contributed by atoms with Crippen LogP contribution in [0.2, 0.25) is 0 Å². The van der Waals surface area contributed by atoms with Gasteiger partial charge in [0.05, 0.1) is 10.6 Å². The molecule has 4 nitrogen and oxygen atoms in total. The van der Waals surface area contributed by atoms with Gasteiger partial charge in [-0.2, -0.15) is 13.2 Å². The van der Waals surface area contributed by atoms with Crippen LogP contribution in [-0.4, -0.2) is 9.97 Å². The number of aromatic nitrogens is 2. The fourth-order valence-corrected chi connectivity index (χ4v) is 2.16. The second-order valence-electron chi connectivity index (χ2n) is 3.87. The van der Waals surface area contributed by atoms with Crippen LogP contribution in [0, 0.1) is 0 Å². The van der Waals surface area contributed by atoms with Crippen LogP contribution < -0.4 is 11.3 Å². The fraction of sp³-hybridized carbons (Fsp3) is 0.167. The molecule has 0 aliphatic heterocycles. The van der Waals surface area contributed by atoms with Crippen LogP contribution in [0.15, 0.2) is 41.7 Å². The van der Waals surface area contributed by atoms with Crippen LogP contribution in [0.4, 0.5) is 19.0 Å². The lowest BCUT2D eigenvalue weighted by Gasteiger charge is -2.06. The Morgan fingerprint density at radius 2 is 1.90 bits per heavy atom. The fourth-order valence-electron chi connectivity index (χ4n) is 1.39. The number of hydrogen-bond donors (Lipinski definition) is 2. The molecule has 20 heavy (non-hydrogen) atoms. The minimum absolute atomic E-state index is 0.527. The molecule has 0 atom stereocenters. The van der Waals surface area contributed by atoms with Crippen molar-refractivity contribution in [3.63, 3.8) is 0 Å². The Hall–Kier alpha value is -1.80.